The van der Waals surface area contributed by atoms with Crippen molar-refractivity contribution in [3.05, 3.63) is 106 Å². The molecule has 0 atom stereocenters. The highest BCUT2D eigenvalue weighted by Crippen LogP contribution is 2.50. The third kappa shape index (κ3) is 9.17. The fourth-order valence-corrected chi connectivity index (χ4v) is 8.28. The number of Topliss-reactive ketones (excluding diaryl/α,β-unsaturated/α-hetero) is 1. The highest BCUT2D eigenvalue weighted by atomic mass is 32.2. The van der Waals surface area contributed by atoms with Crippen molar-refractivity contribution in [3.63, 3.8) is 0 Å². The van der Waals surface area contributed by atoms with Crippen molar-refractivity contribution in [1.82, 2.24) is 0 Å². The maximum atomic E-state index is 13.7. The number of rotatable bonds is 7. The van der Waals surface area contributed by atoms with E-state index in [1.807, 2.05) is 12.1 Å². The number of carbonyl (C=O) groups excluding carboxylic acids is 1. The van der Waals surface area contributed by atoms with Crippen LogP contribution in [0.4, 0.5) is 8.78 Å². The van der Waals surface area contributed by atoms with Crippen LogP contribution in [0.15, 0.2) is 70.5 Å². The van der Waals surface area contributed by atoms with Crippen LogP contribution in [0.5, 0.6) is 23.0 Å². The molecule has 17 heteroatoms. The van der Waals surface area contributed by atoms with Crippen LogP contribution in [0.3, 0.4) is 0 Å². The number of carbonyl (C=O) groups is 1. The number of ketones is 1. The number of hydrogen-bond donors (Lipinski definition) is 2. The first-order chi connectivity index (χ1) is 26.0. The number of nitrogens with zero attached hydrogens (tertiary/aromatic N) is 2. The van der Waals surface area contributed by atoms with Crippen molar-refractivity contribution in [2.24, 2.45) is 0 Å². The molecule has 1 spiro atoms. The summed E-state index contributed by atoms with van der Waals surface area (Å²) in [4.78, 5) is 12.2. The lowest BCUT2D eigenvalue weighted by Gasteiger charge is -2.25. The van der Waals surface area contributed by atoms with Gasteiger partial charge in [0.25, 0.3) is 0 Å². The monoisotopic (exact) mass is 796 g/mol. The molecule has 4 aromatic carbocycles. The normalized spacial score (nSPS) is 15.1. The van der Waals surface area contributed by atoms with Crippen LogP contribution < -0.4 is 9.47 Å². The van der Waals surface area contributed by atoms with Crippen LogP contribution in [-0.4, -0.2) is 71.8 Å². The van der Waals surface area contributed by atoms with E-state index >= 15 is 0 Å². The third-order valence-electron chi connectivity index (χ3n) is 8.54. The number of benzene rings is 4. The highest BCUT2D eigenvalue weighted by molar-refractivity contribution is 7.91. The minimum atomic E-state index is -3.55. The van der Waals surface area contributed by atoms with Gasteiger partial charge in [-0.1, -0.05) is 0 Å². The van der Waals surface area contributed by atoms with Gasteiger partial charge >= 0.3 is 0 Å². The van der Waals surface area contributed by atoms with E-state index < -0.39 is 37.1 Å². The van der Waals surface area contributed by atoms with E-state index in [-0.39, 0.29) is 69.1 Å². The van der Waals surface area contributed by atoms with Crippen molar-refractivity contribution >= 4 is 25.5 Å². The second kappa shape index (κ2) is 16.6. The Morgan fingerprint density at radius 2 is 1.22 bits per heavy atom. The van der Waals surface area contributed by atoms with Gasteiger partial charge in [-0.05, 0) is 61.4 Å². The van der Waals surface area contributed by atoms with Crippen molar-refractivity contribution in [1.29, 1.82) is 10.5 Å². The summed E-state index contributed by atoms with van der Waals surface area (Å²) in [7, 11) is -7.06. The summed E-state index contributed by atoms with van der Waals surface area (Å²) in [5.74, 6) is -1.60. The van der Waals surface area contributed by atoms with Gasteiger partial charge in [0.05, 0.1) is 59.5 Å². The number of fused-ring (bicyclic) bond motifs is 3. The van der Waals surface area contributed by atoms with E-state index in [2.05, 4.69) is 0 Å². The van der Waals surface area contributed by atoms with Gasteiger partial charge in [-0.25, -0.2) is 25.6 Å². The quantitative estimate of drug-likeness (QED) is 0.252. The maximum Gasteiger partial charge on any atom is 0.196 e. The second-order valence-electron chi connectivity index (χ2n) is 12.5. The highest BCUT2D eigenvalue weighted by Gasteiger charge is 2.48. The molecule has 2 aliphatic carbocycles. The SMILES string of the molecule is CS(=O)(=O)c1ccc(Oc2cc(F)cc(C#N)c2)c2c1C(=O)CC2.CS(=O)(=O)c1ccc(Oc2cc(F)cc(C#N)c2)c2c1C1(CC2)OCCO1.OCCO. The Morgan fingerprint density at radius 3 is 1.69 bits per heavy atom. The molecule has 0 radical (unpaired) electrons. The second-order valence-corrected chi connectivity index (χ2v) is 16.4. The van der Waals surface area contributed by atoms with Crippen molar-refractivity contribution in [2.45, 2.75) is 41.3 Å². The van der Waals surface area contributed by atoms with Gasteiger partial charge in [0.1, 0.15) is 34.6 Å². The number of sulfone groups is 2. The van der Waals surface area contributed by atoms with Gasteiger partial charge in [-0.15, -0.1) is 0 Å². The molecule has 0 unspecified atom stereocenters. The molecular formula is C38H34F2N2O11S2. The fraction of sp³-hybridized carbons (Fsp3) is 0.289. The van der Waals surface area contributed by atoms with Crippen LogP contribution in [0.2, 0.25) is 0 Å². The first-order valence-electron chi connectivity index (χ1n) is 16.6. The summed E-state index contributed by atoms with van der Waals surface area (Å²) in [5.41, 5.74) is 1.98. The lowest BCUT2D eigenvalue weighted by atomic mass is 10.1. The number of ether oxygens (including phenoxy) is 4. The summed E-state index contributed by atoms with van der Waals surface area (Å²) >= 11 is 0. The molecule has 3 aliphatic rings. The van der Waals surface area contributed by atoms with Crippen LogP contribution >= 0.6 is 0 Å². The van der Waals surface area contributed by atoms with E-state index in [1.165, 1.54) is 36.4 Å². The van der Waals surface area contributed by atoms with E-state index in [0.717, 1.165) is 30.7 Å². The molecule has 0 bridgehead atoms. The molecule has 13 nitrogen and oxygen atoms in total. The van der Waals surface area contributed by atoms with Crippen LogP contribution in [0.25, 0.3) is 0 Å². The Hall–Kier alpha value is -5.27. The predicted molar refractivity (Wildman–Crippen MR) is 190 cm³/mol. The maximum absolute atomic E-state index is 13.7. The van der Waals surface area contributed by atoms with Crippen LogP contribution in [0, 0.1) is 34.3 Å². The number of halogens is 2. The van der Waals surface area contributed by atoms with E-state index in [1.54, 1.807) is 6.07 Å². The average molecular weight is 797 g/mol. The Kier molecular flexibility index (Phi) is 12.4. The molecule has 1 heterocycles. The van der Waals surface area contributed by atoms with Gasteiger partial charge in [-0.2, -0.15) is 10.5 Å². The van der Waals surface area contributed by atoms with Gasteiger partial charge < -0.3 is 29.2 Å². The molecule has 7 rings (SSSR count). The third-order valence-corrected chi connectivity index (χ3v) is 10.8. The number of aliphatic hydroxyl groups excluding tert-OH is 2. The average Bonchev–Trinajstić information content (AvgIpc) is 3.87. The minimum absolute atomic E-state index is 0.0238. The Bertz CT molecular complexity index is 2450. The predicted octanol–water partition coefficient (Wildman–Crippen LogP) is 5.03. The van der Waals surface area contributed by atoms with Crippen LogP contribution in [-0.2, 0) is 47.8 Å². The number of hydrogen-bond acceptors (Lipinski definition) is 13. The zero-order valence-corrected chi connectivity index (χ0v) is 31.1. The summed E-state index contributed by atoms with van der Waals surface area (Å²) in [6.45, 7) is 0.506. The molecular weight excluding hydrogens is 763 g/mol. The summed E-state index contributed by atoms with van der Waals surface area (Å²) in [6, 6.07) is 16.7. The van der Waals surface area contributed by atoms with Gasteiger partial charge in [0, 0.05) is 59.7 Å². The minimum Gasteiger partial charge on any atom is -0.457 e. The lowest BCUT2D eigenvalue weighted by Crippen LogP contribution is -2.26. The van der Waals surface area contributed by atoms with Crippen molar-refractivity contribution in [3.8, 4) is 35.1 Å². The van der Waals surface area contributed by atoms with Gasteiger partial charge in [0.15, 0.2) is 31.2 Å². The zero-order chi connectivity index (χ0) is 40.1. The summed E-state index contributed by atoms with van der Waals surface area (Å²) in [6.07, 6.45) is 3.70. The first-order valence-corrected chi connectivity index (χ1v) is 20.3. The molecule has 2 N–H and O–H groups in total. The molecule has 0 saturated carbocycles. The summed E-state index contributed by atoms with van der Waals surface area (Å²) < 4.78 is 98.5. The molecule has 1 fully saturated rings. The number of nitriles is 2. The van der Waals surface area contributed by atoms with Crippen molar-refractivity contribution < 1.29 is 59.6 Å². The largest absolute Gasteiger partial charge is 0.457 e. The van der Waals surface area contributed by atoms with Crippen molar-refractivity contribution in [2.75, 3.05) is 38.9 Å². The molecule has 1 saturated heterocycles. The van der Waals surface area contributed by atoms with Gasteiger partial charge in [0.2, 0.25) is 0 Å². The Labute approximate surface area is 315 Å². The van der Waals surface area contributed by atoms with E-state index in [4.69, 9.17) is 39.7 Å². The topological polar surface area (TPSA) is 210 Å². The van der Waals surface area contributed by atoms with E-state index in [9.17, 15) is 30.4 Å². The molecule has 288 valence electrons. The Morgan fingerprint density at radius 1 is 0.727 bits per heavy atom. The standard InChI is InChI=1S/C19H16FNO5S.C17H12FNO4S.C2H6O2/c1-27(22,23)17-3-2-16(26-14-9-12(11-21)8-13(20)10-14)15-4-5-19(18(15)17)24-6-7-25-19;1-24(21,22)16-5-4-15(13-2-3-14(20)17(13)16)23-12-7-10(9-19)6-11(18)8-12;3-1-2-4/h2-3,8-10H,4-7H2,1H3;4-8H,2-3H2,1H3;3-4H,1-2H2. The summed E-state index contributed by atoms with van der Waals surface area (Å²) in [5, 5.41) is 33.1. The van der Waals surface area contributed by atoms with E-state index in [0.29, 0.717) is 54.9 Å². The molecule has 55 heavy (non-hydrogen) atoms. The lowest BCUT2D eigenvalue weighted by molar-refractivity contribution is -0.164. The first kappa shape index (κ1) is 40.9. The molecule has 1 aliphatic heterocycles. The molecule has 0 aromatic heterocycles. The van der Waals surface area contributed by atoms with Gasteiger partial charge in [-0.3, -0.25) is 4.79 Å². The Balaban J connectivity index is 0.000000194. The zero-order valence-electron chi connectivity index (χ0n) is 29.5. The fourth-order valence-electron chi connectivity index (χ4n) is 6.39. The molecule has 4 aromatic rings. The van der Waals surface area contributed by atoms with Crippen LogP contribution in [0.1, 0.15) is 51.0 Å². The number of aliphatic hydroxyl groups is 2. The smallest absolute Gasteiger partial charge is 0.196 e. The molecule has 0 amide bonds.